The first-order valence-corrected chi connectivity index (χ1v) is 20.5. The number of methoxy groups -OCH3 is 1. The maximum Gasteiger partial charge on any atom is 0.264 e. The van der Waals surface area contributed by atoms with E-state index >= 15 is 0 Å². The van der Waals surface area contributed by atoms with Crippen LogP contribution in [0, 0.1) is 5.92 Å². The number of hydrogen-bond acceptors (Lipinski definition) is 8. The maximum absolute atomic E-state index is 14.6. The molecule has 2 fully saturated rings. The number of carbonyl (C=O) groups is 2. The minimum Gasteiger partial charge on any atom is -0.497 e. The second kappa shape index (κ2) is 13.4. The smallest absolute Gasteiger partial charge is 0.264 e. The Morgan fingerprint density at radius 1 is 1.10 bits per heavy atom. The number of ether oxygens (including phenoxy) is 2. The van der Waals surface area contributed by atoms with Crippen molar-refractivity contribution in [1.29, 1.82) is 0 Å². The summed E-state index contributed by atoms with van der Waals surface area (Å²) >= 11 is 0. The standard InChI is InChI=1S/C38H46N6O5Si/c1-25-36(50(4,5)29-14-12-28(48-3)13-15-29)34(17-19-43-23-32(40-41-43)30(24-45)26-9-7-6-8-10-26)49-38(25)31-21-27(44-20-18-39-22-35(44)46)11-16-33(31)42(2)37(38)47/h6-16,21,23,25,30,34,36,39,45H,17-20,22,24H2,1-5H3/t25-,30?,34+,36-,38+/m1/s1. The molecule has 0 radical (unpaired) electrons. The minimum atomic E-state index is -2.33. The number of nitrogens with one attached hydrogen (secondary N) is 1. The van der Waals surface area contributed by atoms with Crippen LogP contribution in [0.3, 0.4) is 0 Å². The molecular formula is C38H46N6O5Si. The van der Waals surface area contributed by atoms with Gasteiger partial charge in [-0.3, -0.25) is 14.3 Å². The molecule has 0 saturated carbocycles. The minimum absolute atomic E-state index is 0.00928. The van der Waals surface area contributed by atoms with Gasteiger partial charge in [-0.25, -0.2) is 0 Å². The van der Waals surface area contributed by atoms with Crippen LogP contribution < -0.4 is 25.0 Å². The van der Waals surface area contributed by atoms with E-state index < -0.39 is 13.7 Å². The molecule has 2 N–H and O–H groups in total. The van der Waals surface area contributed by atoms with Gasteiger partial charge in [-0.1, -0.05) is 72.9 Å². The van der Waals surface area contributed by atoms with E-state index in [0.717, 1.165) is 28.3 Å². The molecule has 0 aliphatic carbocycles. The van der Waals surface area contributed by atoms with Crippen LogP contribution >= 0.6 is 0 Å². The van der Waals surface area contributed by atoms with E-state index in [1.807, 2.05) is 78.6 Å². The number of aliphatic hydroxyl groups is 1. The summed E-state index contributed by atoms with van der Waals surface area (Å²) in [6.07, 6.45) is 2.25. The number of piperazine rings is 1. The van der Waals surface area contributed by atoms with Crippen LogP contribution in [0.15, 0.2) is 79.0 Å². The van der Waals surface area contributed by atoms with Crippen molar-refractivity contribution in [2.24, 2.45) is 5.92 Å². The highest BCUT2D eigenvalue weighted by atomic mass is 28.3. The Kier molecular flexibility index (Phi) is 9.14. The Morgan fingerprint density at radius 3 is 2.56 bits per heavy atom. The summed E-state index contributed by atoms with van der Waals surface area (Å²) in [4.78, 5) is 31.0. The summed E-state index contributed by atoms with van der Waals surface area (Å²) < 4.78 is 14.5. The van der Waals surface area contributed by atoms with Gasteiger partial charge in [0.1, 0.15) is 5.75 Å². The summed E-state index contributed by atoms with van der Waals surface area (Å²) in [7, 11) is 1.15. The van der Waals surface area contributed by atoms with Crippen LogP contribution in [0.2, 0.25) is 18.6 Å². The molecule has 1 spiro atoms. The number of aliphatic hydroxyl groups excluding tert-OH is 1. The number of nitrogens with zero attached hydrogens (tertiary/aromatic N) is 5. The Bertz CT molecular complexity index is 1870. The molecule has 1 unspecified atom stereocenters. The number of aromatic nitrogens is 3. The van der Waals surface area contributed by atoms with E-state index in [1.54, 1.807) is 16.9 Å². The van der Waals surface area contributed by atoms with Crippen molar-refractivity contribution in [3.8, 4) is 5.75 Å². The zero-order chi connectivity index (χ0) is 35.2. The lowest BCUT2D eigenvalue weighted by Gasteiger charge is -2.37. The van der Waals surface area contributed by atoms with E-state index in [9.17, 15) is 14.7 Å². The van der Waals surface area contributed by atoms with Crippen molar-refractivity contribution >= 4 is 36.4 Å². The van der Waals surface area contributed by atoms with Crippen molar-refractivity contribution < 1.29 is 24.2 Å². The van der Waals surface area contributed by atoms with E-state index in [1.165, 1.54) is 5.19 Å². The Labute approximate surface area is 294 Å². The van der Waals surface area contributed by atoms with Crippen LogP contribution in [0.25, 0.3) is 0 Å². The Balaban J connectivity index is 1.25. The highest BCUT2D eigenvalue weighted by Gasteiger charge is 2.65. The van der Waals surface area contributed by atoms with Crippen LogP contribution in [-0.2, 0) is 26.5 Å². The van der Waals surface area contributed by atoms with Crippen LogP contribution in [-0.4, -0.2) is 86.5 Å². The number of aryl methyl sites for hydroxylation is 1. The number of benzene rings is 3. The molecule has 262 valence electrons. The van der Waals surface area contributed by atoms with Gasteiger partial charge < -0.3 is 29.7 Å². The molecule has 4 aromatic rings. The summed E-state index contributed by atoms with van der Waals surface area (Å²) in [5.41, 5.74) is 2.96. The third-order valence-corrected chi connectivity index (χ3v) is 15.7. The normalized spacial score (nSPS) is 24.2. The van der Waals surface area contributed by atoms with Crippen molar-refractivity contribution in [1.82, 2.24) is 20.3 Å². The van der Waals surface area contributed by atoms with Gasteiger partial charge in [-0.2, -0.15) is 0 Å². The second-order valence-corrected chi connectivity index (χ2v) is 19.0. The number of fused-ring (bicyclic) bond motifs is 2. The lowest BCUT2D eigenvalue weighted by molar-refractivity contribution is -0.145. The van der Waals surface area contributed by atoms with Gasteiger partial charge in [-0.15, -0.1) is 5.10 Å². The molecule has 2 amide bonds. The molecule has 1 aromatic heterocycles. The first-order valence-electron chi connectivity index (χ1n) is 17.4. The number of likely N-dealkylation sites (N-methyl/N-ethyl adjacent to an activating group) is 1. The quantitative estimate of drug-likeness (QED) is 0.242. The summed E-state index contributed by atoms with van der Waals surface area (Å²) in [6.45, 7) is 8.92. The molecule has 0 bridgehead atoms. The SMILES string of the molecule is COc1ccc([Si](C)(C)[C@H]2[C@H](CCn3cc(C(CO)c4ccccc4)nn3)O[C@@]3(C(=O)N(C)c4ccc(N5CCNCC5=O)cc43)[C@@H]2C)cc1. The molecule has 11 nitrogen and oxygen atoms in total. The predicted molar refractivity (Wildman–Crippen MR) is 195 cm³/mol. The molecular weight excluding hydrogens is 649 g/mol. The first kappa shape index (κ1) is 34.1. The Hall–Kier alpha value is -4.36. The third-order valence-electron chi connectivity index (χ3n) is 11.3. The highest BCUT2D eigenvalue weighted by molar-refractivity contribution is 6.91. The van der Waals surface area contributed by atoms with Crippen LogP contribution in [0.4, 0.5) is 11.4 Å². The molecule has 5 atom stereocenters. The monoisotopic (exact) mass is 694 g/mol. The van der Waals surface area contributed by atoms with Crippen molar-refractivity contribution in [2.75, 3.05) is 50.2 Å². The summed E-state index contributed by atoms with van der Waals surface area (Å²) in [5, 5.41) is 23.6. The van der Waals surface area contributed by atoms with Gasteiger partial charge in [-0.05, 0) is 47.9 Å². The topological polar surface area (TPSA) is 122 Å². The van der Waals surface area contributed by atoms with Gasteiger partial charge in [0.15, 0.2) is 5.60 Å². The predicted octanol–water partition coefficient (Wildman–Crippen LogP) is 3.63. The van der Waals surface area contributed by atoms with Gasteiger partial charge in [0.2, 0.25) is 5.91 Å². The fourth-order valence-electron chi connectivity index (χ4n) is 8.62. The molecule has 3 aromatic carbocycles. The number of hydrogen-bond donors (Lipinski definition) is 2. The number of amides is 2. The van der Waals surface area contributed by atoms with Gasteiger partial charge in [0.25, 0.3) is 5.91 Å². The lowest BCUT2D eigenvalue weighted by Crippen LogP contribution is -2.51. The van der Waals surface area contributed by atoms with Crippen molar-refractivity contribution in [3.63, 3.8) is 0 Å². The van der Waals surface area contributed by atoms with Crippen LogP contribution in [0.5, 0.6) is 5.75 Å². The van der Waals surface area contributed by atoms with Crippen molar-refractivity contribution in [2.45, 2.75) is 56.1 Å². The summed E-state index contributed by atoms with van der Waals surface area (Å²) in [5.74, 6) is 0.301. The van der Waals surface area contributed by atoms with Gasteiger partial charge >= 0.3 is 0 Å². The maximum atomic E-state index is 14.6. The van der Waals surface area contributed by atoms with Crippen molar-refractivity contribution in [3.05, 3.63) is 95.8 Å². The average molecular weight is 695 g/mol. The van der Waals surface area contributed by atoms with Crippen LogP contribution in [0.1, 0.15) is 36.1 Å². The number of anilines is 2. The largest absolute Gasteiger partial charge is 0.497 e. The van der Waals surface area contributed by atoms with E-state index in [4.69, 9.17) is 9.47 Å². The number of rotatable bonds is 10. The fourth-order valence-corrected chi connectivity index (χ4v) is 12.7. The van der Waals surface area contributed by atoms with E-state index in [-0.39, 0.29) is 48.4 Å². The van der Waals surface area contributed by atoms with Gasteiger partial charge in [0.05, 0.1) is 51.7 Å². The molecule has 7 rings (SSSR count). The van der Waals surface area contributed by atoms with Gasteiger partial charge in [0, 0.05) is 50.0 Å². The molecule has 2 saturated heterocycles. The second-order valence-electron chi connectivity index (χ2n) is 14.3. The first-order chi connectivity index (χ1) is 24.1. The molecule has 12 heteroatoms. The number of carbonyl (C=O) groups excluding carboxylic acids is 2. The third kappa shape index (κ3) is 5.64. The molecule has 4 heterocycles. The highest BCUT2D eigenvalue weighted by Crippen LogP contribution is 2.60. The zero-order valence-electron chi connectivity index (χ0n) is 29.4. The molecule has 3 aliphatic rings. The summed E-state index contributed by atoms with van der Waals surface area (Å²) in [6, 6.07) is 24.1. The zero-order valence-corrected chi connectivity index (χ0v) is 30.4. The average Bonchev–Trinajstić information content (AvgIpc) is 3.78. The van der Waals surface area contributed by atoms with E-state index in [2.05, 4.69) is 47.8 Å². The fraction of sp³-hybridized carbons (Fsp3) is 0.421. The molecule has 3 aliphatic heterocycles. The Morgan fingerprint density at radius 2 is 1.86 bits per heavy atom. The van der Waals surface area contributed by atoms with E-state index in [0.29, 0.717) is 31.7 Å². The molecule has 50 heavy (non-hydrogen) atoms. The lowest BCUT2D eigenvalue weighted by atomic mass is 9.82.